The summed E-state index contributed by atoms with van der Waals surface area (Å²) >= 11 is 5.63. The van der Waals surface area contributed by atoms with Gasteiger partial charge >= 0.3 is 12.1 Å². The Morgan fingerprint density at radius 1 is 1.12 bits per heavy atom. The number of alkyl halides is 3. The number of sulfonamides is 1. The molecule has 25 heavy (non-hydrogen) atoms. The van der Waals surface area contributed by atoms with Crippen molar-refractivity contribution < 1.29 is 35.9 Å². The number of anilines is 1. The molecule has 0 fully saturated rings. The number of hydrogen-bond acceptors (Lipinski definition) is 3. The van der Waals surface area contributed by atoms with Crippen LogP contribution >= 0.6 is 11.6 Å². The van der Waals surface area contributed by atoms with Crippen molar-refractivity contribution >= 4 is 33.3 Å². The van der Waals surface area contributed by atoms with E-state index in [4.69, 9.17) is 16.7 Å². The van der Waals surface area contributed by atoms with Crippen molar-refractivity contribution in [2.24, 2.45) is 0 Å². The van der Waals surface area contributed by atoms with Crippen LogP contribution in [0.1, 0.15) is 15.9 Å². The molecule has 0 bridgehead atoms. The highest BCUT2D eigenvalue weighted by Crippen LogP contribution is 2.33. The van der Waals surface area contributed by atoms with E-state index >= 15 is 0 Å². The number of rotatable bonds is 4. The molecule has 0 aliphatic carbocycles. The highest BCUT2D eigenvalue weighted by molar-refractivity contribution is 7.92. The lowest BCUT2D eigenvalue weighted by molar-refractivity contribution is -0.137. The zero-order valence-electron chi connectivity index (χ0n) is 11.9. The van der Waals surface area contributed by atoms with Crippen molar-refractivity contribution in [1.29, 1.82) is 0 Å². The fourth-order valence-corrected chi connectivity index (χ4v) is 3.45. The summed E-state index contributed by atoms with van der Waals surface area (Å²) in [5.41, 5.74) is -2.75. The van der Waals surface area contributed by atoms with Gasteiger partial charge in [0.25, 0.3) is 10.0 Å². The highest BCUT2D eigenvalue weighted by atomic mass is 35.5. The van der Waals surface area contributed by atoms with Crippen LogP contribution in [0.3, 0.4) is 0 Å². The number of carboxylic acids is 1. The maximum atomic E-state index is 13.0. The van der Waals surface area contributed by atoms with Crippen LogP contribution in [0.4, 0.5) is 23.2 Å². The maximum absolute atomic E-state index is 13.0. The molecular formula is C14H8ClF4NO4S. The van der Waals surface area contributed by atoms with Crippen LogP contribution in [-0.2, 0) is 16.2 Å². The fourth-order valence-electron chi connectivity index (χ4n) is 1.88. The van der Waals surface area contributed by atoms with Crippen LogP contribution in [-0.4, -0.2) is 19.5 Å². The van der Waals surface area contributed by atoms with Crippen molar-refractivity contribution in [2.75, 3.05) is 4.72 Å². The number of nitrogens with one attached hydrogen (secondary N) is 1. The van der Waals surface area contributed by atoms with E-state index in [2.05, 4.69) is 0 Å². The molecule has 134 valence electrons. The van der Waals surface area contributed by atoms with Gasteiger partial charge in [-0.25, -0.2) is 17.6 Å². The minimum atomic E-state index is -4.89. The lowest BCUT2D eigenvalue weighted by Crippen LogP contribution is -2.15. The van der Waals surface area contributed by atoms with Gasteiger partial charge in [0.15, 0.2) is 0 Å². The molecule has 0 aliphatic heterocycles. The number of benzene rings is 2. The van der Waals surface area contributed by atoms with Crippen LogP contribution in [0, 0.1) is 5.82 Å². The summed E-state index contributed by atoms with van der Waals surface area (Å²) in [7, 11) is -4.47. The summed E-state index contributed by atoms with van der Waals surface area (Å²) in [6.45, 7) is 0. The van der Waals surface area contributed by atoms with Gasteiger partial charge in [-0.2, -0.15) is 13.2 Å². The van der Waals surface area contributed by atoms with Gasteiger partial charge in [-0.15, -0.1) is 0 Å². The quantitative estimate of drug-likeness (QED) is 0.764. The zero-order valence-corrected chi connectivity index (χ0v) is 13.5. The standard InChI is InChI=1S/C14H8ClF4NO4S/c15-11-6-9(16)1-2-12(11)25(23,24)20-10-4-7(13(21)22)3-8(5-10)14(17,18)19/h1-6,20H,(H,21,22). The minimum absolute atomic E-state index is 0.366. The molecule has 5 nitrogen and oxygen atoms in total. The minimum Gasteiger partial charge on any atom is -0.478 e. The Morgan fingerprint density at radius 2 is 1.76 bits per heavy atom. The lowest BCUT2D eigenvalue weighted by atomic mass is 10.1. The molecule has 0 amide bonds. The van der Waals surface area contributed by atoms with Crippen molar-refractivity contribution in [1.82, 2.24) is 0 Å². The average molecular weight is 398 g/mol. The fraction of sp³-hybridized carbons (Fsp3) is 0.0714. The molecule has 0 aliphatic rings. The van der Waals surface area contributed by atoms with Crippen LogP contribution in [0.2, 0.25) is 5.02 Å². The van der Waals surface area contributed by atoms with Gasteiger partial charge in [0.1, 0.15) is 10.7 Å². The summed E-state index contributed by atoms with van der Waals surface area (Å²) in [5, 5.41) is 8.39. The molecule has 0 saturated carbocycles. The van der Waals surface area contributed by atoms with Gasteiger partial charge in [-0.05, 0) is 36.4 Å². The molecule has 2 aromatic rings. The van der Waals surface area contributed by atoms with Gasteiger partial charge in [-0.1, -0.05) is 11.6 Å². The van der Waals surface area contributed by atoms with Gasteiger partial charge < -0.3 is 5.11 Å². The van der Waals surface area contributed by atoms with Gasteiger partial charge in [-0.3, -0.25) is 4.72 Å². The lowest BCUT2D eigenvalue weighted by Gasteiger charge is -2.13. The van der Waals surface area contributed by atoms with Crippen molar-refractivity contribution in [3.05, 3.63) is 58.4 Å². The number of carbonyl (C=O) groups is 1. The first-order chi connectivity index (χ1) is 11.4. The monoisotopic (exact) mass is 397 g/mol. The first-order valence-corrected chi connectivity index (χ1v) is 8.20. The third-order valence-electron chi connectivity index (χ3n) is 2.94. The zero-order chi connectivity index (χ0) is 19.0. The smallest absolute Gasteiger partial charge is 0.416 e. The summed E-state index contributed by atoms with van der Waals surface area (Å²) in [6, 6.07) is 3.85. The summed E-state index contributed by atoms with van der Waals surface area (Å²) < 4.78 is 77.8. The van der Waals surface area contributed by atoms with E-state index < -0.39 is 54.7 Å². The van der Waals surface area contributed by atoms with E-state index in [1.165, 1.54) is 0 Å². The van der Waals surface area contributed by atoms with E-state index in [9.17, 15) is 30.8 Å². The predicted molar refractivity (Wildman–Crippen MR) is 80.6 cm³/mol. The Bertz CT molecular complexity index is 944. The second-order valence-electron chi connectivity index (χ2n) is 4.78. The second kappa shape index (κ2) is 6.52. The average Bonchev–Trinajstić information content (AvgIpc) is 2.44. The maximum Gasteiger partial charge on any atom is 0.416 e. The van der Waals surface area contributed by atoms with Crippen molar-refractivity contribution in [3.8, 4) is 0 Å². The van der Waals surface area contributed by atoms with Crippen LogP contribution in [0.25, 0.3) is 0 Å². The van der Waals surface area contributed by atoms with Crippen LogP contribution in [0.15, 0.2) is 41.3 Å². The third kappa shape index (κ3) is 4.40. The molecule has 0 aromatic heterocycles. The van der Waals surface area contributed by atoms with Gasteiger partial charge in [0.2, 0.25) is 0 Å². The SMILES string of the molecule is O=C(O)c1cc(NS(=O)(=O)c2ccc(F)cc2Cl)cc(C(F)(F)F)c1. The Balaban J connectivity index is 2.51. The summed E-state index contributed by atoms with van der Waals surface area (Å²) in [6.07, 6.45) is -4.89. The van der Waals surface area contributed by atoms with Gasteiger partial charge in [0, 0.05) is 0 Å². The molecule has 11 heteroatoms. The molecule has 0 spiro atoms. The highest BCUT2D eigenvalue weighted by Gasteiger charge is 2.32. The van der Waals surface area contributed by atoms with E-state index in [1.54, 1.807) is 4.72 Å². The van der Waals surface area contributed by atoms with Crippen molar-refractivity contribution in [2.45, 2.75) is 11.1 Å². The van der Waals surface area contributed by atoms with Crippen LogP contribution < -0.4 is 4.72 Å². The topological polar surface area (TPSA) is 83.5 Å². The number of hydrogen-bond donors (Lipinski definition) is 2. The van der Waals surface area contributed by atoms with Crippen molar-refractivity contribution in [3.63, 3.8) is 0 Å². The van der Waals surface area contributed by atoms with E-state index in [0.29, 0.717) is 24.3 Å². The van der Waals surface area contributed by atoms with Gasteiger partial charge in [0.05, 0.1) is 21.8 Å². The number of aromatic carboxylic acids is 1. The first kappa shape index (κ1) is 19.0. The number of halogens is 5. The predicted octanol–water partition coefficient (Wildman–Crippen LogP) is 4.00. The molecule has 0 saturated heterocycles. The van der Waals surface area contributed by atoms with Crippen LogP contribution in [0.5, 0.6) is 0 Å². The molecule has 2 N–H and O–H groups in total. The molecular weight excluding hydrogens is 390 g/mol. The molecule has 0 radical (unpaired) electrons. The second-order valence-corrected chi connectivity index (χ2v) is 6.84. The third-order valence-corrected chi connectivity index (χ3v) is 4.81. The molecule has 0 atom stereocenters. The summed E-state index contributed by atoms with van der Waals surface area (Å²) in [5.74, 6) is -2.48. The normalized spacial score (nSPS) is 12.0. The Morgan fingerprint density at radius 3 is 2.28 bits per heavy atom. The largest absolute Gasteiger partial charge is 0.478 e. The Kier molecular flexibility index (Phi) is 4.96. The first-order valence-electron chi connectivity index (χ1n) is 6.33. The molecule has 0 unspecified atom stereocenters. The Hall–Kier alpha value is -2.33. The van der Waals surface area contributed by atoms with E-state index in [-0.39, 0.29) is 0 Å². The summed E-state index contributed by atoms with van der Waals surface area (Å²) in [4.78, 5) is 10.4. The molecule has 2 aromatic carbocycles. The Labute approximate surface area is 143 Å². The molecule has 0 heterocycles. The van der Waals surface area contributed by atoms with E-state index in [1.807, 2.05) is 0 Å². The molecule has 2 rings (SSSR count). The van der Waals surface area contributed by atoms with E-state index in [0.717, 1.165) is 12.1 Å². The number of carboxylic acid groups (broad SMARTS) is 1.